The molecule has 0 bridgehead atoms. The number of anilines is 2. The van der Waals surface area contributed by atoms with Crippen molar-refractivity contribution in [1.82, 2.24) is 0 Å². The normalized spacial score (nSPS) is 10.2. The van der Waals surface area contributed by atoms with Crippen LogP contribution in [-0.4, -0.2) is 45.2 Å². The van der Waals surface area contributed by atoms with Gasteiger partial charge in [0, 0.05) is 51.2 Å². The predicted octanol–water partition coefficient (Wildman–Crippen LogP) is 3.11. The highest BCUT2D eigenvalue weighted by Gasteiger charge is 2.18. The standard InChI is InChI=1S/C18H20N2O4/c1-19(2)13-7-5-12(6-8-13)17(21)15-10-9-14(20(3)4)11-16(15)24-18(22)23/h5-11H,1-4H3,(H,22,23). The van der Waals surface area contributed by atoms with E-state index in [2.05, 4.69) is 0 Å². The molecule has 0 spiro atoms. The quantitative estimate of drug-likeness (QED) is 0.517. The highest BCUT2D eigenvalue weighted by Crippen LogP contribution is 2.28. The van der Waals surface area contributed by atoms with Crippen molar-refractivity contribution in [2.75, 3.05) is 38.0 Å². The summed E-state index contributed by atoms with van der Waals surface area (Å²) in [5.74, 6) is -0.266. The molecule has 0 radical (unpaired) electrons. The van der Waals surface area contributed by atoms with Gasteiger partial charge in [0.15, 0.2) is 5.78 Å². The van der Waals surface area contributed by atoms with Crippen LogP contribution in [-0.2, 0) is 0 Å². The first-order valence-corrected chi connectivity index (χ1v) is 7.34. The lowest BCUT2D eigenvalue weighted by atomic mass is 10.0. The van der Waals surface area contributed by atoms with Gasteiger partial charge in [0.25, 0.3) is 0 Å². The molecule has 2 rings (SSSR count). The summed E-state index contributed by atoms with van der Waals surface area (Å²) in [6, 6.07) is 11.9. The SMILES string of the molecule is CN(C)c1ccc(C(=O)c2ccc(N(C)C)cc2OC(=O)O)cc1. The first-order valence-electron chi connectivity index (χ1n) is 7.34. The van der Waals surface area contributed by atoms with Gasteiger partial charge >= 0.3 is 6.16 Å². The Bertz CT molecular complexity index is 752. The molecule has 0 unspecified atom stereocenters. The smallest absolute Gasteiger partial charge is 0.449 e. The van der Waals surface area contributed by atoms with Gasteiger partial charge in [-0.2, -0.15) is 0 Å². The Morgan fingerprint density at radius 1 is 0.875 bits per heavy atom. The second-order valence-corrected chi connectivity index (χ2v) is 5.71. The molecule has 0 aliphatic carbocycles. The van der Waals surface area contributed by atoms with Gasteiger partial charge in [0.2, 0.25) is 0 Å². The van der Waals surface area contributed by atoms with Crippen LogP contribution in [0.5, 0.6) is 5.75 Å². The largest absolute Gasteiger partial charge is 0.511 e. The zero-order valence-corrected chi connectivity index (χ0v) is 14.1. The zero-order valence-electron chi connectivity index (χ0n) is 14.1. The van der Waals surface area contributed by atoms with Gasteiger partial charge < -0.3 is 19.6 Å². The molecule has 0 heterocycles. The predicted molar refractivity (Wildman–Crippen MR) is 93.6 cm³/mol. The van der Waals surface area contributed by atoms with Gasteiger partial charge in [-0.3, -0.25) is 4.79 Å². The van der Waals surface area contributed by atoms with Crippen molar-refractivity contribution in [2.45, 2.75) is 0 Å². The maximum Gasteiger partial charge on any atom is 0.511 e. The van der Waals surface area contributed by atoms with Gasteiger partial charge in [0.1, 0.15) is 5.75 Å². The third kappa shape index (κ3) is 3.84. The van der Waals surface area contributed by atoms with Crippen molar-refractivity contribution in [3.63, 3.8) is 0 Å². The van der Waals surface area contributed by atoms with E-state index in [-0.39, 0.29) is 17.1 Å². The molecule has 6 nitrogen and oxygen atoms in total. The van der Waals surface area contributed by atoms with Crippen molar-refractivity contribution in [2.24, 2.45) is 0 Å². The van der Waals surface area contributed by atoms with Crippen LogP contribution >= 0.6 is 0 Å². The minimum Gasteiger partial charge on any atom is -0.449 e. The molecule has 2 aromatic rings. The Balaban J connectivity index is 2.42. The van der Waals surface area contributed by atoms with E-state index in [1.54, 1.807) is 29.2 Å². The summed E-state index contributed by atoms with van der Waals surface area (Å²) in [5.41, 5.74) is 2.39. The number of hydrogen-bond donors (Lipinski definition) is 1. The first kappa shape index (κ1) is 17.3. The van der Waals surface area contributed by atoms with Crippen molar-refractivity contribution in [1.29, 1.82) is 0 Å². The molecule has 6 heteroatoms. The summed E-state index contributed by atoms with van der Waals surface area (Å²) < 4.78 is 4.80. The number of nitrogens with zero attached hydrogens (tertiary/aromatic N) is 2. The number of carbonyl (C=O) groups excluding carboxylic acids is 1. The molecule has 0 atom stereocenters. The number of carbonyl (C=O) groups is 2. The van der Waals surface area contributed by atoms with Crippen LogP contribution in [0.15, 0.2) is 42.5 Å². The highest BCUT2D eigenvalue weighted by atomic mass is 16.7. The monoisotopic (exact) mass is 328 g/mol. The van der Waals surface area contributed by atoms with Crippen molar-refractivity contribution in [3.05, 3.63) is 53.6 Å². The molecule has 2 aromatic carbocycles. The average molecular weight is 328 g/mol. The third-order valence-electron chi connectivity index (χ3n) is 3.57. The summed E-state index contributed by atoms with van der Waals surface area (Å²) in [4.78, 5) is 27.4. The molecule has 0 saturated carbocycles. The molecule has 0 aliphatic heterocycles. The Hall–Kier alpha value is -3.02. The van der Waals surface area contributed by atoms with Crippen molar-refractivity contribution >= 4 is 23.3 Å². The Labute approximate surface area is 140 Å². The number of hydrogen-bond acceptors (Lipinski definition) is 5. The second-order valence-electron chi connectivity index (χ2n) is 5.71. The summed E-state index contributed by atoms with van der Waals surface area (Å²) in [7, 11) is 7.47. The fraction of sp³-hybridized carbons (Fsp3) is 0.222. The molecule has 0 amide bonds. The van der Waals surface area contributed by atoms with E-state index in [1.807, 2.05) is 45.2 Å². The van der Waals surface area contributed by atoms with Gasteiger partial charge in [-0.1, -0.05) is 0 Å². The molecule has 0 fully saturated rings. The fourth-order valence-corrected chi connectivity index (χ4v) is 2.22. The maximum absolute atomic E-state index is 12.7. The number of rotatable bonds is 5. The average Bonchev–Trinajstić information content (AvgIpc) is 2.53. The number of carboxylic acid groups (broad SMARTS) is 1. The molecule has 0 saturated heterocycles. The van der Waals surface area contributed by atoms with Gasteiger partial charge in [-0.25, -0.2) is 4.79 Å². The van der Waals surface area contributed by atoms with E-state index < -0.39 is 6.16 Å². The maximum atomic E-state index is 12.7. The number of ether oxygens (including phenoxy) is 1. The Morgan fingerprint density at radius 3 is 1.92 bits per heavy atom. The molecule has 1 N–H and O–H groups in total. The van der Waals surface area contributed by atoms with Crippen LogP contribution in [0.1, 0.15) is 15.9 Å². The van der Waals surface area contributed by atoms with E-state index in [0.717, 1.165) is 11.4 Å². The third-order valence-corrected chi connectivity index (χ3v) is 3.57. The summed E-state index contributed by atoms with van der Waals surface area (Å²) >= 11 is 0. The van der Waals surface area contributed by atoms with Crippen LogP contribution in [0.2, 0.25) is 0 Å². The molecule has 0 aliphatic rings. The molecular weight excluding hydrogens is 308 g/mol. The Kier molecular flexibility index (Phi) is 5.08. The minimum absolute atomic E-state index is 0.0235. The van der Waals surface area contributed by atoms with Crippen LogP contribution in [0.25, 0.3) is 0 Å². The van der Waals surface area contributed by atoms with Crippen LogP contribution in [0.3, 0.4) is 0 Å². The topological polar surface area (TPSA) is 70.1 Å². The van der Waals surface area contributed by atoms with Gasteiger partial charge in [-0.15, -0.1) is 0 Å². The molecular formula is C18H20N2O4. The summed E-state index contributed by atoms with van der Waals surface area (Å²) in [5, 5.41) is 8.92. The fourth-order valence-electron chi connectivity index (χ4n) is 2.22. The van der Waals surface area contributed by atoms with E-state index >= 15 is 0 Å². The second kappa shape index (κ2) is 7.04. The van der Waals surface area contributed by atoms with Gasteiger partial charge in [0.05, 0.1) is 5.56 Å². The van der Waals surface area contributed by atoms with Crippen LogP contribution < -0.4 is 14.5 Å². The van der Waals surface area contributed by atoms with Crippen molar-refractivity contribution < 1.29 is 19.4 Å². The minimum atomic E-state index is -1.46. The molecule has 0 aromatic heterocycles. The zero-order chi connectivity index (χ0) is 17.9. The van der Waals surface area contributed by atoms with E-state index in [4.69, 9.17) is 9.84 Å². The lowest BCUT2D eigenvalue weighted by Gasteiger charge is -2.16. The first-order chi connectivity index (χ1) is 11.3. The highest BCUT2D eigenvalue weighted by molar-refractivity contribution is 6.11. The lowest BCUT2D eigenvalue weighted by molar-refractivity contribution is 0.103. The van der Waals surface area contributed by atoms with Crippen LogP contribution in [0.4, 0.5) is 16.2 Å². The Morgan fingerprint density at radius 2 is 1.42 bits per heavy atom. The van der Waals surface area contributed by atoms with E-state index in [0.29, 0.717) is 5.56 Å². The molecule has 126 valence electrons. The van der Waals surface area contributed by atoms with Crippen LogP contribution in [0, 0.1) is 0 Å². The van der Waals surface area contributed by atoms with Crippen molar-refractivity contribution in [3.8, 4) is 5.75 Å². The number of ketones is 1. The lowest BCUT2D eigenvalue weighted by Crippen LogP contribution is -2.13. The summed E-state index contributed by atoms with van der Waals surface area (Å²) in [6.45, 7) is 0. The number of benzene rings is 2. The summed E-state index contributed by atoms with van der Waals surface area (Å²) in [6.07, 6.45) is -1.46. The van der Waals surface area contributed by atoms with Gasteiger partial charge in [-0.05, 0) is 36.4 Å². The van der Waals surface area contributed by atoms with E-state index in [9.17, 15) is 9.59 Å². The van der Waals surface area contributed by atoms with E-state index in [1.165, 1.54) is 6.07 Å². The molecule has 24 heavy (non-hydrogen) atoms.